The Balaban J connectivity index is 4.74. The van der Waals surface area contributed by atoms with Crippen molar-refractivity contribution < 1.29 is 22.7 Å². The molecule has 0 aromatic heterocycles. The van der Waals surface area contributed by atoms with Crippen molar-refractivity contribution in [2.75, 3.05) is 0 Å². The number of halogens is 3. The lowest BCUT2D eigenvalue weighted by Crippen LogP contribution is -2.53. The van der Waals surface area contributed by atoms with Gasteiger partial charge in [-0.2, -0.15) is 13.2 Å². The van der Waals surface area contributed by atoms with E-state index in [4.69, 9.17) is 10.5 Å². The third-order valence-corrected chi connectivity index (χ3v) is 2.00. The summed E-state index contributed by atoms with van der Waals surface area (Å²) in [5.74, 6) is -0.942. The molecule has 0 spiro atoms. The van der Waals surface area contributed by atoms with E-state index < -0.39 is 29.7 Å². The number of hydrogen-bond acceptors (Lipinski definition) is 3. The van der Waals surface area contributed by atoms with Crippen molar-refractivity contribution in [1.29, 1.82) is 0 Å². The first-order chi connectivity index (χ1) is 6.49. The van der Waals surface area contributed by atoms with E-state index in [0.717, 1.165) is 13.8 Å². The fraction of sp³-hybridized carbons (Fsp3) is 0.889. The third-order valence-electron chi connectivity index (χ3n) is 2.00. The SMILES string of the molecule is CC(C)OC(=O)C(C)(C)[C@H](N)C(F)(F)F. The number of ether oxygens (including phenoxy) is 1. The van der Waals surface area contributed by atoms with Crippen LogP contribution in [0.1, 0.15) is 27.7 Å². The van der Waals surface area contributed by atoms with Crippen LogP contribution in [0.2, 0.25) is 0 Å². The fourth-order valence-corrected chi connectivity index (χ4v) is 0.902. The normalized spacial score (nSPS) is 15.3. The van der Waals surface area contributed by atoms with Gasteiger partial charge in [0.1, 0.15) is 6.04 Å². The van der Waals surface area contributed by atoms with Gasteiger partial charge in [0.05, 0.1) is 11.5 Å². The van der Waals surface area contributed by atoms with Gasteiger partial charge in [-0.25, -0.2) is 0 Å². The summed E-state index contributed by atoms with van der Waals surface area (Å²) in [6.45, 7) is 5.37. The lowest BCUT2D eigenvalue weighted by atomic mass is 9.84. The lowest BCUT2D eigenvalue weighted by Gasteiger charge is -2.31. The molecule has 0 fully saturated rings. The summed E-state index contributed by atoms with van der Waals surface area (Å²) in [6, 6.07) is -2.23. The molecule has 3 nitrogen and oxygen atoms in total. The molecule has 90 valence electrons. The second-order valence-corrected chi connectivity index (χ2v) is 4.20. The maximum Gasteiger partial charge on any atom is 0.404 e. The Morgan fingerprint density at radius 3 is 1.93 bits per heavy atom. The number of alkyl halides is 3. The zero-order chi connectivity index (χ0) is 12.4. The van der Waals surface area contributed by atoms with Gasteiger partial charge in [0.25, 0.3) is 0 Å². The van der Waals surface area contributed by atoms with Crippen LogP contribution >= 0.6 is 0 Å². The third kappa shape index (κ3) is 3.70. The molecule has 0 rings (SSSR count). The summed E-state index contributed by atoms with van der Waals surface area (Å²) in [5, 5.41) is 0. The second-order valence-electron chi connectivity index (χ2n) is 4.20. The van der Waals surface area contributed by atoms with Crippen molar-refractivity contribution in [2.45, 2.75) is 46.0 Å². The highest BCUT2D eigenvalue weighted by Gasteiger charge is 2.51. The van der Waals surface area contributed by atoms with Crippen molar-refractivity contribution in [3.63, 3.8) is 0 Å². The van der Waals surface area contributed by atoms with Crippen LogP contribution in [0.3, 0.4) is 0 Å². The molecule has 6 heteroatoms. The zero-order valence-electron chi connectivity index (χ0n) is 9.18. The standard InChI is InChI=1S/C9H16F3NO2/c1-5(2)15-7(14)8(3,4)6(13)9(10,11)12/h5-6H,13H2,1-4H3/t6-/m0/s1. The van der Waals surface area contributed by atoms with Crippen LogP contribution in [0, 0.1) is 5.41 Å². The number of carbonyl (C=O) groups is 1. The molecule has 0 aliphatic rings. The molecule has 0 unspecified atom stereocenters. The maximum atomic E-state index is 12.3. The van der Waals surface area contributed by atoms with Crippen molar-refractivity contribution in [2.24, 2.45) is 11.1 Å². The van der Waals surface area contributed by atoms with Crippen LogP contribution in [0.25, 0.3) is 0 Å². The summed E-state index contributed by atoms with van der Waals surface area (Å²) >= 11 is 0. The zero-order valence-corrected chi connectivity index (χ0v) is 9.18. The minimum atomic E-state index is -4.61. The minimum Gasteiger partial charge on any atom is -0.463 e. The molecule has 0 heterocycles. The molecule has 0 amide bonds. The van der Waals surface area contributed by atoms with Gasteiger partial charge < -0.3 is 10.5 Å². The van der Waals surface area contributed by atoms with Crippen molar-refractivity contribution in [3.05, 3.63) is 0 Å². The predicted molar refractivity (Wildman–Crippen MR) is 49.0 cm³/mol. The molecule has 2 N–H and O–H groups in total. The van der Waals surface area contributed by atoms with Gasteiger partial charge in [-0.15, -0.1) is 0 Å². The summed E-state index contributed by atoms with van der Waals surface area (Å²) in [5.41, 5.74) is 3.20. The molecular weight excluding hydrogens is 211 g/mol. The number of carbonyl (C=O) groups excluding carboxylic acids is 1. The molecule has 0 bridgehead atoms. The molecule has 0 aromatic rings. The predicted octanol–water partition coefficient (Wildman–Crippen LogP) is 1.85. The highest BCUT2D eigenvalue weighted by atomic mass is 19.4. The van der Waals surface area contributed by atoms with Crippen LogP contribution in [0.5, 0.6) is 0 Å². The average molecular weight is 227 g/mol. The number of esters is 1. The molecule has 0 aliphatic carbocycles. The van der Waals surface area contributed by atoms with Gasteiger partial charge in [-0.05, 0) is 27.7 Å². The number of nitrogens with two attached hydrogens (primary N) is 1. The van der Waals surface area contributed by atoms with Crippen molar-refractivity contribution in [1.82, 2.24) is 0 Å². The molecule has 0 saturated heterocycles. The van der Waals surface area contributed by atoms with E-state index in [-0.39, 0.29) is 0 Å². The number of hydrogen-bond donors (Lipinski definition) is 1. The van der Waals surface area contributed by atoms with Crippen LogP contribution in [-0.2, 0) is 9.53 Å². The Labute approximate surface area is 86.8 Å². The van der Waals surface area contributed by atoms with Crippen LogP contribution < -0.4 is 5.73 Å². The van der Waals surface area contributed by atoms with Crippen molar-refractivity contribution >= 4 is 5.97 Å². The van der Waals surface area contributed by atoms with E-state index in [2.05, 4.69) is 0 Å². The Bertz CT molecular complexity index is 236. The maximum absolute atomic E-state index is 12.3. The highest BCUT2D eigenvalue weighted by molar-refractivity contribution is 5.77. The van der Waals surface area contributed by atoms with Gasteiger partial charge in [0.15, 0.2) is 0 Å². The topological polar surface area (TPSA) is 52.3 Å². The summed E-state index contributed by atoms with van der Waals surface area (Å²) < 4.78 is 41.6. The van der Waals surface area contributed by atoms with Gasteiger partial charge in [-0.1, -0.05) is 0 Å². The number of rotatable bonds is 3. The van der Waals surface area contributed by atoms with Gasteiger partial charge in [0, 0.05) is 0 Å². The molecule has 1 atom stereocenters. The Morgan fingerprint density at radius 2 is 1.67 bits per heavy atom. The van der Waals surface area contributed by atoms with Gasteiger partial charge in [0.2, 0.25) is 0 Å². The van der Waals surface area contributed by atoms with Crippen LogP contribution in [0.4, 0.5) is 13.2 Å². The van der Waals surface area contributed by atoms with Gasteiger partial charge in [-0.3, -0.25) is 4.79 Å². The summed E-state index contributed by atoms with van der Waals surface area (Å²) in [6.07, 6.45) is -5.07. The van der Waals surface area contributed by atoms with Crippen LogP contribution in [0.15, 0.2) is 0 Å². The van der Waals surface area contributed by atoms with E-state index in [1.165, 1.54) is 0 Å². The quantitative estimate of drug-likeness (QED) is 0.748. The second kappa shape index (κ2) is 4.38. The molecular formula is C9H16F3NO2. The van der Waals surface area contributed by atoms with E-state index in [1.807, 2.05) is 0 Å². The lowest BCUT2D eigenvalue weighted by molar-refractivity contribution is -0.190. The largest absolute Gasteiger partial charge is 0.463 e. The minimum absolute atomic E-state index is 0.461. The first-order valence-corrected chi connectivity index (χ1v) is 4.53. The summed E-state index contributed by atoms with van der Waals surface area (Å²) in [7, 11) is 0. The molecule has 0 aromatic carbocycles. The first-order valence-electron chi connectivity index (χ1n) is 4.53. The Hall–Kier alpha value is -0.780. The molecule has 0 radical (unpaired) electrons. The van der Waals surface area contributed by atoms with E-state index in [9.17, 15) is 18.0 Å². The van der Waals surface area contributed by atoms with E-state index in [1.54, 1.807) is 13.8 Å². The van der Waals surface area contributed by atoms with Crippen LogP contribution in [-0.4, -0.2) is 24.3 Å². The summed E-state index contributed by atoms with van der Waals surface area (Å²) in [4.78, 5) is 11.4. The molecule has 0 saturated carbocycles. The Kier molecular flexibility index (Phi) is 4.16. The van der Waals surface area contributed by atoms with E-state index >= 15 is 0 Å². The molecule has 15 heavy (non-hydrogen) atoms. The fourth-order valence-electron chi connectivity index (χ4n) is 0.902. The molecule has 0 aliphatic heterocycles. The van der Waals surface area contributed by atoms with Gasteiger partial charge >= 0.3 is 12.1 Å². The van der Waals surface area contributed by atoms with Crippen molar-refractivity contribution in [3.8, 4) is 0 Å². The first kappa shape index (κ1) is 14.2. The Morgan fingerprint density at radius 1 is 1.27 bits per heavy atom. The average Bonchev–Trinajstić information content (AvgIpc) is 1.99. The highest BCUT2D eigenvalue weighted by Crippen LogP contribution is 2.33. The monoisotopic (exact) mass is 227 g/mol. The smallest absolute Gasteiger partial charge is 0.404 e. The van der Waals surface area contributed by atoms with E-state index in [0.29, 0.717) is 0 Å².